The Morgan fingerprint density at radius 1 is 1.10 bits per heavy atom. The van der Waals surface area contributed by atoms with Crippen molar-refractivity contribution in [3.05, 3.63) is 0 Å². The van der Waals surface area contributed by atoms with Gasteiger partial charge >= 0.3 is 0 Å². The van der Waals surface area contributed by atoms with Crippen molar-refractivity contribution >= 4 is 5.78 Å². The number of Topliss-reactive ketones (excluding diaryl/α,β-unsaturated/α-hetero) is 1. The summed E-state index contributed by atoms with van der Waals surface area (Å²) in [5.74, 6) is 3.01. The molecule has 0 aromatic heterocycles. The minimum absolute atomic E-state index is 0.326. The Kier molecular flexibility index (Phi) is 4.49. The second-order valence-electron chi connectivity index (χ2n) is 7.84. The van der Waals surface area contributed by atoms with Crippen molar-refractivity contribution in [1.82, 2.24) is 4.90 Å². The lowest BCUT2D eigenvalue weighted by molar-refractivity contribution is -0.129. The van der Waals surface area contributed by atoms with E-state index in [0.717, 1.165) is 24.9 Å². The third-order valence-corrected chi connectivity index (χ3v) is 6.21. The molecule has 0 amide bonds. The van der Waals surface area contributed by atoms with Crippen molar-refractivity contribution in [3.8, 4) is 0 Å². The lowest BCUT2D eigenvalue weighted by atomic mass is 9.73. The average molecular weight is 277 g/mol. The first kappa shape index (κ1) is 14.6. The molecular formula is C18H31NO. The van der Waals surface area contributed by atoms with Crippen LogP contribution in [-0.2, 0) is 4.79 Å². The standard InChI is InChI=1S/C18H31NO/c1-13-10-14(2)16(18(20)11-13)12-19-9-5-7-15-6-3-4-8-17(15)19/h13-17H,3-12H2,1-2H3/t13?,14?,15-,16?,17-/m1/s1. The molecule has 3 rings (SSSR count). The van der Waals surface area contributed by atoms with Crippen LogP contribution in [0.25, 0.3) is 0 Å². The number of rotatable bonds is 2. The Morgan fingerprint density at radius 3 is 2.65 bits per heavy atom. The summed E-state index contributed by atoms with van der Waals surface area (Å²) in [6.45, 7) is 6.85. The molecule has 0 N–H and O–H groups in total. The van der Waals surface area contributed by atoms with E-state index in [2.05, 4.69) is 18.7 Å². The van der Waals surface area contributed by atoms with Crippen LogP contribution in [0.2, 0.25) is 0 Å². The molecule has 0 aromatic carbocycles. The number of nitrogens with zero attached hydrogens (tertiary/aromatic N) is 1. The molecule has 114 valence electrons. The minimum Gasteiger partial charge on any atom is -0.299 e. The fraction of sp³-hybridized carbons (Fsp3) is 0.944. The smallest absolute Gasteiger partial charge is 0.137 e. The maximum absolute atomic E-state index is 12.4. The number of likely N-dealkylation sites (tertiary alicyclic amines) is 1. The Bertz CT molecular complexity index is 351. The summed E-state index contributed by atoms with van der Waals surface area (Å²) >= 11 is 0. The van der Waals surface area contributed by atoms with Gasteiger partial charge < -0.3 is 0 Å². The zero-order valence-electron chi connectivity index (χ0n) is 13.3. The van der Waals surface area contributed by atoms with Crippen LogP contribution in [0.5, 0.6) is 0 Å². The summed E-state index contributed by atoms with van der Waals surface area (Å²) in [5, 5.41) is 0. The summed E-state index contributed by atoms with van der Waals surface area (Å²) in [5.41, 5.74) is 0. The third kappa shape index (κ3) is 2.95. The number of ketones is 1. The van der Waals surface area contributed by atoms with E-state index in [1.54, 1.807) is 0 Å². The zero-order chi connectivity index (χ0) is 14.1. The highest BCUT2D eigenvalue weighted by atomic mass is 16.1. The van der Waals surface area contributed by atoms with Gasteiger partial charge in [-0.15, -0.1) is 0 Å². The highest BCUT2D eigenvalue weighted by molar-refractivity contribution is 5.82. The Hall–Kier alpha value is -0.370. The maximum atomic E-state index is 12.4. The van der Waals surface area contributed by atoms with Gasteiger partial charge in [0.05, 0.1) is 0 Å². The highest BCUT2D eigenvalue weighted by Crippen LogP contribution is 2.38. The van der Waals surface area contributed by atoms with Crippen LogP contribution in [0.15, 0.2) is 0 Å². The van der Waals surface area contributed by atoms with Crippen LogP contribution in [-0.4, -0.2) is 29.8 Å². The van der Waals surface area contributed by atoms with Crippen LogP contribution in [0.1, 0.15) is 65.2 Å². The number of piperidine rings is 1. The van der Waals surface area contributed by atoms with Gasteiger partial charge in [-0.1, -0.05) is 26.7 Å². The summed E-state index contributed by atoms with van der Waals surface area (Å²) in [7, 11) is 0. The SMILES string of the molecule is CC1CC(=O)C(CN2CCC[C@H]3CCCC[C@H]32)C(C)C1. The molecule has 3 unspecified atom stereocenters. The molecule has 20 heavy (non-hydrogen) atoms. The monoisotopic (exact) mass is 277 g/mol. The minimum atomic E-state index is 0.326. The molecule has 3 fully saturated rings. The lowest BCUT2D eigenvalue weighted by Gasteiger charge is -2.46. The molecule has 0 radical (unpaired) electrons. The highest BCUT2D eigenvalue weighted by Gasteiger charge is 2.38. The Balaban J connectivity index is 1.65. The molecule has 2 heteroatoms. The van der Waals surface area contributed by atoms with Crippen LogP contribution in [0.3, 0.4) is 0 Å². The maximum Gasteiger partial charge on any atom is 0.137 e. The topological polar surface area (TPSA) is 20.3 Å². The van der Waals surface area contributed by atoms with E-state index in [1.807, 2.05) is 0 Å². The predicted octanol–water partition coefficient (Wildman–Crippen LogP) is 3.89. The number of hydrogen-bond acceptors (Lipinski definition) is 2. The summed E-state index contributed by atoms with van der Waals surface area (Å²) < 4.78 is 0. The summed E-state index contributed by atoms with van der Waals surface area (Å²) in [6, 6.07) is 0.803. The van der Waals surface area contributed by atoms with E-state index in [1.165, 1.54) is 51.5 Å². The van der Waals surface area contributed by atoms with E-state index in [0.29, 0.717) is 23.5 Å². The molecule has 2 nitrogen and oxygen atoms in total. The first-order chi connectivity index (χ1) is 9.65. The van der Waals surface area contributed by atoms with Crippen LogP contribution in [0, 0.1) is 23.7 Å². The van der Waals surface area contributed by atoms with Gasteiger partial charge in [-0.25, -0.2) is 0 Å². The molecule has 0 bridgehead atoms. The number of carbonyl (C=O) groups excluding carboxylic acids is 1. The van der Waals surface area contributed by atoms with Crippen molar-refractivity contribution in [3.63, 3.8) is 0 Å². The lowest BCUT2D eigenvalue weighted by Crippen LogP contribution is -2.50. The molecule has 2 aliphatic carbocycles. The van der Waals surface area contributed by atoms with Crippen LogP contribution in [0.4, 0.5) is 0 Å². The molecule has 0 spiro atoms. The number of hydrogen-bond donors (Lipinski definition) is 0. The van der Waals surface area contributed by atoms with E-state index >= 15 is 0 Å². The van der Waals surface area contributed by atoms with Gasteiger partial charge in [0, 0.05) is 24.9 Å². The van der Waals surface area contributed by atoms with Crippen molar-refractivity contribution < 1.29 is 4.79 Å². The van der Waals surface area contributed by atoms with E-state index in [-0.39, 0.29) is 0 Å². The van der Waals surface area contributed by atoms with Crippen LogP contribution < -0.4 is 0 Å². The molecule has 3 aliphatic rings. The molecule has 1 saturated heterocycles. The van der Waals surface area contributed by atoms with Gasteiger partial charge in [-0.05, 0) is 56.4 Å². The molecule has 1 aliphatic heterocycles. The number of carbonyl (C=O) groups is 1. The first-order valence-electron chi connectivity index (χ1n) is 8.92. The Morgan fingerprint density at radius 2 is 1.85 bits per heavy atom. The second-order valence-corrected chi connectivity index (χ2v) is 7.84. The predicted molar refractivity (Wildman–Crippen MR) is 82.6 cm³/mol. The second kappa shape index (κ2) is 6.17. The van der Waals surface area contributed by atoms with E-state index in [4.69, 9.17) is 0 Å². The quantitative estimate of drug-likeness (QED) is 0.763. The number of fused-ring (bicyclic) bond motifs is 1. The van der Waals surface area contributed by atoms with Gasteiger partial charge in [0.15, 0.2) is 0 Å². The Labute approximate surface area is 124 Å². The fourth-order valence-electron chi connectivity index (χ4n) is 5.18. The van der Waals surface area contributed by atoms with Crippen molar-refractivity contribution in [2.24, 2.45) is 23.7 Å². The third-order valence-electron chi connectivity index (χ3n) is 6.21. The van der Waals surface area contributed by atoms with Crippen LogP contribution >= 0.6 is 0 Å². The molecule has 2 saturated carbocycles. The average Bonchev–Trinajstić information content (AvgIpc) is 2.43. The molecule has 0 aromatic rings. The van der Waals surface area contributed by atoms with Gasteiger partial charge in [0.25, 0.3) is 0 Å². The molecule has 5 atom stereocenters. The fourth-order valence-corrected chi connectivity index (χ4v) is 5.18. The normalized spacial score (nSPS) is 43.3. The van der Waals surface area contributed by atoms with E-state index < -0.39 is 0 Å². The first-order valence-corrected chi connectivity index (χ1v) is 8.92. The van der Waals surface area contributed by atoms with E-state index in [9.17, 15) is 4.79 Å². The zero-order valence-corrected chi connectivity index (χ0v) is 13.3. The van der Waals surface area contributed by atoms with Gasteiger partial charge in [0.1, 0.15) is 5.78 Å². The van der Waals surface area contributed by atoms with Crippen molar-refractivity contribution in [1.29, 1.82) is 0 Å². The van der Waals surface area contributed by atoms with Gasteiger partial charge in [0.2, 0.25) is 0 Å². The molecular weight excluding hydrogens is 246 g/mol. The molecule has 1 heterocycles. The van der Waals surface area contributed by atoms with Crippen molar-refractivity contribution in [2.75, 3.05) is 13.1 Å². The van der Waals surface area contributed by atoms with Gasteiger partial charge in [-0.3, -0.25) is 9.69 Å². The summed E-state index contributed by atoms with van der Waals surface area (Å²) in [6.07, 6.45) is 10.5. The summed E-state index contributed by atoms with van der Waals surface area (Å²) in [4.78, 5) is 15.1. The van der Waals surface area contributed by atoms with Crippen molar-refractivity contribution in [2.45, 2.75) is 71.3 Å². The largest absolute Gasteiger partial charge is 0.299 e. The van der Waals surface area contributed by atoms with Gasteiger partial charge in [-0.2, -0.15) is 0 Å².